The average Bonchev–Trinajstić information content (AvgIpc) is 3.21. The van der Waals surface area contributed by atoms with Crippen LogP contribution >= 0.6 is 11.8 Å². The van der Waals surface area contributed by atoms with Crippen LogP contribution in [-0.4, -0.2) is 19.0 Å². The molecule has 0 saturated carbocycles. The topological polar surface area (TPSA) is 50.8 Å². The van der Waals surface area contributed by atoms with Gasteiger partial charge in [-0.15, -0.1) is 11.8 Å². The number of ether oxygens (including phenoxy) is 2. The number of hydrogen-bond donors (Lipinski definition) is 1. The Balaban J connectivity index is 1.62. The lowest BCUT2D eigenvalue weighted by atomic mass is 10.0. The molecule has 140 valence electrons. The Bertz CT molecular complexity index is 1050. The third-order valence-corrected chi connectivity index (χ3v) is 5.74. The molecule has 1 atom stereocenters. The van der Waals surface area contributed by atoms with Crippen molar-refractivity contribution in [2.45, 2.75) is 11.1 Å². The van der Waals surface area contributed by atoms with E-state index < -0.39 is 0 Å². The Morgan fingerprint density at radius 2 is 1.79 bits per heavy atom. The van der Waals surface area contributed by atoms with E-state index in [4.69, 9.17) is 9.47 Å². The van der Waals surface area contributed by atoms with Crippen LogP contribution in [0.4, 0.5) is 11.4 Å². The number of thioether (sulfide) groups is 1. The summed E-state index contributed by atoms with van der Waals surface area (Å²) in [6, 6.07) is 21.5. The Morgan fingerprint density at radius 1 is 1.00 bits per heavy atom. The number of nitrogens with zero attached hydrogens (tertiary/aromatic N) is 1. The first-order valence-electron chi connectivity index (χ1n) is 8.97. The van der Waals surface area contributed by atoms with Crippen LogP contribution < -0.4 is 19.7 Å². The molecule has 3 aromatic carbocycles. The van der Waals surface area contributed by atoms with Gasteiger partial charge in [-0.25, -0.2) is 0 Å². The van der Waals surface area contributed by atoms with Gasteiger partial charge in [-0.3, -0.25) is 9.69 Å². The zero-order valence-corrected chi connectivity index (χ0v) is 16.0. The molecule has 2 aliphatic rings. The smallest absolute Gasteiger partial charge is 0.262 e. The summed E-state index contributed by atoms with van der Waals surface area (Å²) in [6.07, 6.45) is 1.73. The first-order valence-corrected chi connectivity index (χ1v) is 10.2. The minimum atomic E-state index is -0.321. The molecule has 5 nitrogen and oxygen atoms in total. The summed E-state index contributed by atoms with van der Waals surface area (Å²) >= 11 is 1.69. The first-order chi connectivity index (χ1) is 13.7. The summed E-state index contributed by atoms with van der Waals surface area (Å²) in [5, 5.41) is 3.52. The Morgan fingerprint density at radius 3 is 2.61 bits per heavy atom. The van der Waals surface area contributed by atoms with Gasteiger partial charge >= 0.3 is 0 Å². The van der Waals surface area contributed by atoms with Crippen LogP contribution in [0.5, 0.6) is 11.5 Å². The van der Waals surface area contributed by atoms with Gasteiger partial charge in [0.15, 0.2) is 11.5 Å². The highest BCUT2D eigenvalue weighted by Crippen LogP contribution is 2.41. The Labute approximate surface area is 167 Å². The summed E-state index contributed by atoms with van der Waals surface area (Å²) in [5.74, 6) is 1.30. The van der Waals surface area contributed by atoms with Crippen LogP contribution in [0.25, 0.3) is 0 Å². The molecule has 0 aromatic heterocycles. The maximum Gasteiger partial charge on any atom is 0.262 e. The molecule has 0 aliphatic carbocycles. The summed E-state index contributed by atoms with van der Waals surface area (Å²) in [5.41, 5.74) is 3.26. The molecule has 0 saturated heterocycles. The number of carbonyl (C=O) groups is 1. The lowest BCUT2D eigenvalue weighted by Crippen LogP contribution is -2.43. The molecule has 2 heterocycles. The summed E-state index contributed by atoms with van der Waals surface area (Å²) in [4.78, 5) is 16.4. The summed E-state index contributed by atoms with van der Waals surface area (Å²) < 4.78 is 10.9. The number of nitrogens with one attached hydrogen (secondary N) is 1. The number of rotatable bonds is 3. The van der Waals surface area contributed by atoms with Crippen LogP contribution in [-0.2, 0) is 0 Å². The molecule has 1 N–H and O–H groups in total. The van der Waals surface area contributed by atoms with E-state index in [9.17, 15) is 4.79 Å². The molecule has 0 spiro atoms. The van der Waals surface area contributed by atoms with E-state index in [1.54, 1.807) is 16.7 Å². The predicted molar refractivity (Wildman–Crippen MR) is 110 cm³/mol. The lowest BCUT2D eigenvalue weighted by Gasteiger charge is -2.38. The van der Waals surface area contributed by atoms with Gasteiger partial charge < -0.3 is 14.8 Å². The van der Waals surface area contributed by atoms with Gasteiger partial charge in [-0.05, 0) is 48.2 Å². The van der Waals surface area contributed by atoms with E-state index in [1.165, 1.54) is 4.90 Å². The molecule has 28 heavy (non-hydrogen) atoms. The van der Waals surface area contributed by atoms with Crippen molar-refractivity contribution in [3.8, 4) is 11.5 Å². The third-order valence-electron chi connectivity index (χ3n) is 4.99. The number of hydrogen-bond acceptors (Lipinski definition) is 5. The summed E-state index contributed by atoms with van der Waals surface area (Å²) in [6.45, 7) is 0.202. The fourth-order valence-corrected chi connectivity index (χ4v) is 3.98. The van der Waals surface area contributed by atoms with Crippen LogP contribution in [0.3, 0.4) is 0 Å². The zero-order chi connectivity index (χ0) is 19.1. The maximum absolute atomic E-state index is 13.4. The van der Waals surface area contributed by atoms with Crippen molar-refractivity contribution in [1.29, 1.82) is 0 Å². The molecule has 5 rings (SSSR count). The number of amides is 1. The monoisotopic (exact) mass is 390 g/mol. The number of benzene rings is 3. The van der Waals surface area contributed by atoms with Crippen molar-refractivity contribution in [3.05, 3.63) is 77.9 Å². The highest BCUT2D eigenvalue weighted by molar-refractivity contribution is 7.98. The van der Waals surface area contributed by atoms with Gasteiger partial charge in [0.1, 0.15) is 6.17 Å². The van der Waals surface area contributed by atoms with Gasteiger partial charge in [0.2, 0.25) is 6.79 Å². The van der Waals surface area contributed by atoms with Crippen molar-refractivity contribution in [1.82, 2.24) is 0 Å². The molecular formula is C22H18N2O3S. The first kappa shape index (κ1) is 17.0. The second-order valence-electron chi connectivity index (χ2n) is 6.58. The molecular weight excluding hydrogens is 372 g/mol. The van der Waals surface area contributed by atoms with E-state index in [-0.39, 0.29) is 18.9 Å². The van der Waals surface area contributed by atoms with Crippen LogP contribution in [0, 0.1) is 0 Å². The molecule has 0 radical (unpaired) electrons. The van der Waals surface area contributed by atoms with Gasteiger partial charge in [-0.2, -0.15) is 0 Å². The minimum absolute atomic E-state index is 0.0489. The fourth-order valence-electron chi connectivity index (χ4n) is 3.57. The second kappa shape index (κ2) is 6.80. The van der Waals surface area contributed by atoms with Crippen LogP contribution in [0.1, 0.15) is 22.1 Å². The van der Waals surface area contributed by atoms with E-state index in [0.29, 0.717) is 17.1 Å². The van der Waals surface area contributed by atoms with Gasteiger partial charge in [0.05, 0.1) is 11.3 Å². The molecule has 6 heteroatoms. The molecule has 1 amide bonds. The van der Waals surface area contributed by atoms with E-state index >= 15 is 0 Å². The lowest BCUT2D eigenvalue weighted by molar-refractivity contribution is 0.0975. The van der Waals surface area contributed by atoms with Crippen molar-refractivity contribution in [2.24, 2.45) is 0 Å². The normalized spacial score (nSPS) is 17.2. The maximum atomic E-state index is 13.4. The highest BCUT2D eigenvalue weighted by atomic mass is 32.2. The van der Waals surface area contributed by atoms with Crippen molar-refractivity contribution in [3.63, 3.8) is 0 Å². The standard InChI is InChI=1S/C22H18N2O3S/c1-28-16-9-6-14(7-10-16)21-23-18-5-3-2-4-17(18)22(25)24(21)15-8-11-19-20(12-15)27-13-26-19/h2-12,21,23H,13H2,1H3. The van der Waals surface area contributed by atoms with Gasteiger partial charge in [0, 0.05) is 16.6 Å². The molecule has 2 aliphatic heterocycles. The molecule has 1 unspecified atom stereocenters. The van der Waals surface area contributed by atoms with E-state index in [2.05, 4.69) is 29.6 Å². The van der Waals surface area contributed by atoms with Crippen molar-refractivity contribution in [2.75, 3.05) is 23.3 Å². The number of carbonyl (C=O) groups excluding carboxylic acids is 1. The molecule has 0 bridgehead atoms. The fraction of sp³-hybridized carbons (Fsp3) is 0.136. The average molecular weight is 390 g/mol. The molecule has 0 fully saturated rings. The Hall–Kier alpha value is -3.12. The van der Waals surface area contributed by atoms with Crippen molar-refractivity contribution < 1.29 is 14.3 Å². The van der Waals surface area contributed by atoms with Crippen molar-refractivity contribution >= 4 is 29.0 Å². The predicted octanol–water partition coefficient (Wildman–Crippen LogP) is 4.91. The zero-order valence-electron chi connectivity index (χ0n) is 15.2. The highest BCUT2D eigenvalue weighted by Gasteiger charge is 2.34. The molecule has 3 aromatic rings. The number of para-hydroxylation sites is 1. The second-order valence-corrected chi connectivity index (χ2v) is 7.46. The summed E-state index contributed by atoms with van der Waals surface area (Å²) in [7, 11) is 0. The van der Waals surface area contributed by atoms with E-state index in [0.717, 1.165) is 16.9 Å². The quantitative estimate of drug-likeness (QED) is 0.644. The largest absolute Gasteiger partial charge is 0.454 e. The third kappa shape index (κ3) is 2.77. The van der Waals surface area contributed by atoms with Crippen LogP contribution in [0.2, 0.25) is 0 Å². The Kier molecular flexibility index (Phi) is 4.13. The van der Waals surface area contributed by atoms with E-state index in [1.807, 2.05) is 48.7 Å². The SMILES string of the molecule is CSc1ccc(C2Nc3ccccc3C(=O)N2c2ccc3c(c2)OCO3)cc1. The van der Waals surface area contributed by atoms with Gasteiger partial charge in [0.25, 0.3) is 5.91 Å². The minimum Gasteiger partial charge on any atom is -0.454 e. The van der Waals surface area contributed by atoms with Gasteiger partial charge in [-0.1, -0.05) is 24.3 Å². The number of fused-ring (bicyclic) bond motifs is 2. The van der Waals surface area contributed by atoms with Crippen LogP contribution in [0.15, 0.2) is 71.6 Å². The number of anilines is 2.